The normalized spacial score (nSPS) is 18.2. The zero-order valence-corrected chi connectivity index (χ0v) is 11.3. The number of nitrogens with two attached hydrogens (primary N) is 1. The van der Waals surface area contributed by atoms with Crippen molar-refractivity contribution < 1.29 is 18.8 Å². The van der Waals surface area contributed by atoms with Gasteiger partial charge in [0.05, 0.1) is 11.0 Å². The van der Waals surface area contributed by atoms with Crippen LogP contribution in [-0.4, -0.2) is 30.1 Å². The molecular formula is C13H16FN3O4. The molecule has 2 rings (SSSR count). The molecule has 0 radical (unpaired) electrons. The number of rotatable bonds is 4. The van der Waals surface area contributed by atoms with Crippen LogP contribution in [0.25, 0.3) is 0 Å². The van der Waals surface area contributed by atoms with Crippen LogP contribution in [-0.2, 0) is 4.74 Å². The van der Waals surface area contributed by atoms with Crippen LogP contribution in [0.2, 0.25) is 0 Å². The zero-order chi connectivity index (χ0) is 15.4. The number of halogens is 1. The van der Waals surface area contributed by atoms with Gasteiger partial charge in [-0.05, 0) is 25.3 Å². The average Bonchev–Trinajstić information content (AvgIpc) is 2.46. The number of nitrogens with one attached hydrogen (secondary N) is 1. The van der Waals surface area contributed by atoms with E-state index in [1.54, 1.807) is 0 Å². The van der Waals surface area contributed by atoms with Crippen molar-refractivity contribution in [1.29, 1.82) is 0 Å². The Kier molecular flexibility index (Phi) is 4.69. The molecule has 0 saturated carbocycles. The lowest BCUT2D eigenvalue weighted by atomic mass is 10.1. The highest BCUT2D eigenvalue weighted by Gasteiger charge is 2.24. The molecule has 0 aliphatic carbocycles. The number of nitro groups is 1. The van der Waals surface area contributed by atoms with Gasteiger partial charge >= 0.3 is 0 Å². The Morgan fingerprint density at radius 2 is 2.29 bits per heavy atom. The van der Waals surface area contributed by atoms with Gasteiger partial charge in [-0.2, -0.15) is 0 Å². The minimum absolute atomic E-state index is 0.120. The summed E-state index contributed by atoms with van der Waals surface area (Å²) in [5.74, 6) is -1.66. The highest BCUT2D eigenvalue weighted by molar-refractivity contribution is 6.01. The van der Waals surface area contributed by atoms with Gasteiger partial charge in [-0.1, -0.05) is 0 Å². The molecule has 1 unspecified atom stereocenters. The van der Waals surface area contributed by atoms with E-state index in [2.05, 4.69) is 5.32 Å². The van der Waals surface area contributed by atoms with Gasteiger partial charge < -0.3 is 15.8 Å². The lowest BCUT2D eigenvalue weighted by Crippen LogP contribution is -2.36. The molecule has 21 heavy (non-hydrogen) atoms. The minimum atomic E-state index is -0.889. The lowest BCUT2D eigenvalue weighted by molar-refractivity contribution is -0.384. The van der Waals surface area contributed by atoms with E-state index < -0.39 is 33.6 Å². The van der Waals surface area contributed by atoms with E-state index in [1.807, 2.05) is 0 Å². The van der Waals surface area contributed by atoms with E-state index in [0.29, 0.717) is 6.61 Å². The molecule has 1 heterocycles. The predicted octanol–water partition coefficient (Wildman–Crippen LogP) is 1.61. The summed E-state index contributed by atoms with van der Waals surface area (Å²) in [6.45, 7) is 0.855. The van der Waals surface area contributed by atoms with Gasteiger partial charge in [0.1, 0.15) is 17.1 Å². The fourth-order valence-corrected chi connectivity index (χ4v) is 2.24. The molecule has 1 aromatic carbocycles. The lowest BCUT2D eigenvalue weighted by Gasteiger charge is -2.22. The average molecular weight is 297 g/mol. The van der Waals surface area contributed by atoms with Crippen molar-refractivity contribution in [3.05, 3.63) is 33.6 Å². The quantitative estimate of drug-likeness (QED) is 0.499. The molecule has 1 aromatic rings. The summed E-state index contributed by atoms with van der Waals surface area (Å²) in [4.78, 5) is 22.0. The van der Waals surface area contributed by atoms with Crippen LogP contribution in [0.4, 0.5) is 15.8 Å². The summed E-state index contributed by atoms with van der Waals surface area (Å²) in [7, 11) is 0. The summed E-state index contributed by atoms with van der Waals surface area (Å²) < 4.78 is 19.2. The second-order valence-corrected chi connectivity index (χ2v) is 4.81. The summed E-state index contributed by atoms with van der Waals surface area (Å²) in [6.07, 6.45) is 2.68. The third-order valence-electron chi connectivity index (χ3n) is 3.36. The summed E-state index contributed by atoms with van der Waals surface area (Å²) in [6, 6.07) is 1.80. The van der Waals surface area contributed by atoms with Crippen molar-refractivity contribution in [1.82, 2.24) is 5.32 Å². The molecular weight excluding hydrogens is 281 g/mol. The maximum absolute atomic E-state index is 13.7. The van der Waals surface area contributed by atoms with E-state index in [-0.39, 0.29) is 12.6 Å². The first-order valence-corrected chi connectivity index (χ1v) is 6.63. The van der Waals surface area contributed by atoms with Crippen LogP contribution in [0, 0.1) is 15.9 Å². The third-order valence-corrected chi connectivity index (χ3v) is 3.36. The first-order chi connectivity index (χ1) is 10.0. The molecule has 1 amide bonds. The molecule has 1 aliphatic heterocycles. The van der Waals surface area contributed by atoms with Crippen molar-refractivity contribution in [2.75, 3.05) is 18.9 Å². The molecule has 1 saturated heterocycles. The first kappa shape index (κ1) is 15.2. The number of amides is 1. The van der Waals surface area contributed by atoms with Crippen LogP contribution < -0.4 is 11.1 Å². The van der Waals surface area contributed by atoms with Crippen LogP contribution in [0.15, 0.2) is 12.1 Å². The van der Waals surface area contributed by atoms with E-state index in [4.69, 9.17) is 10.5 Å². The second kappa shape index (κ2) is 6.49. The minimum Gasteiger partial charge on any atom is -0.392 e. The molecule has 0 aromatic heterocycles. The summed E-state index contributed by atoms with van der Waals surface area (Å²) in [5, 5.41) is 13.3. The standard InChI is InChI=1S/C13H16FN3O4/c14-9-4-5-10(17(19)20)12(15)11(9)13(18)16-7-8-3-1-2-6-21-8/h4-5,8H,1-3,6-7,15H2,(H,16,18). The van der Waals surface area contributed by atoms with Crippen molar-refractivity contribution in [3.63, 3.8) is 0 Å². The molecule has 1 atom stereocenters. The molecule has 8 heteroatoms. The first-order valence-electron chi connectivity index (χ1n) is 6.63. The Morgan fingerprint density at radius 1 is 1.52 bits per heavy atom. The second-order valence-electron chi connectivity index (χ2n) is 4.81. The number of hydrogen-bond donors (Lipinski definition) is 2. The number of nitrogens with zero attached hydrogens (tertiary/aromatic N) is 1. The van der Waals surface area contributed by atoms with Crippen LogP contribution in [0.1, 0.15) is 29.6 Å². The van der Waals surface area contributed by atoms with E-state index in [1.165, 1.54) is 0 Å². The Morgan fingerprint density at radius 3 is 2.90 bits per heavy atom. The molecule has 3 N–H and O–H groups in total. The zero-order valence-electron chi connectivity index (χ0n) is 11.3. The Balaban J connectivity index is 2.11. The predicted molar refractivity (Wildman–Crippen MR) is 73.4 cm³/mol. The largest absolute Gasteiger partial charge is 0.392 e. The number of ether oxygens (including phenoxy) is 1. The Hall–Kier alpha value is -2.22. The number of carbonyl (C=O) groups excluding carboxylic acids is 1. The summed E-state index contributed by atoms with van der Waals surface area (Å²) >= 11 is 0. The highest BCUT2D eigenvalue weighted by atomic mass is 19.1. The van der Waals surface area contributed by atoms with Gasteiger partial charge in [0, 0.05) is 19.2 Å². The SMILES string of the molecule is Nc1c([N+](=O)[O-])ccc(F)c1C(=O)NCC1CCCCO1. The van der Waals surface area contributed by atoms with E-state index in [0.717, 1.165) is 31.4 Å². The topological polar surface area (TPSA) is 107 Å². The van der Waals surface area contributed by atoms with Gasteiger partial charge in [-0.15, -0.1) is 0 Å². The maximum atomic E-state index is 13.7. The number of hydrogen-bond acceptors (Lipinski definition) is 5. The van der Waals surface area contributed by atoms with Gasteiger partial charge in [0.25, 0.3) is 11.6 Å². The smallest absolute Gasteiger partial charge is 0.293 e. The molecule has 0 bridgehead atoms. The molecule has 1 aliphatic rings. The van der Waals surface area contributed by atoms with Crippen LogP contribution >= 0.6 is 0 Å². The van der Waals surface area contributed by atoms with Crippen LogP contribution in [0.3, 0.4) is 0 Å². The number of benzene rings is 1. The molecule has 0 spiro atoms. The van der Waals surface area contributed by atoms with Gasteiger partial charge in [0.2, 0.25) is 0 Å². The number of nitrogen functional groups attached to an aromatic ring is 1. The van der Waals surface area contributed by atoms with Crippen molar-refractivity contribution in [3.8, 4) is 0 Å². The number of anilines is 1. The van der Waals surface area contributed by atoms with Crippen molar-refractivity contribution in [2.24, 2.45) is 0 Å². The van der Waals surface area contributed by atoms with Crippen molar-refractivity contribution >= 4 is 17.3 Å². The fraction of sp³-hybridized carbons (Fsp3) is 0.462. The maximum Gasteiger partial charge on any atom is 0.293 e. The van der Waals surface area contributed by atoms with Gasteiger partial charge in [-0.25, -0.2) is 4.39 Å². The monoisotopic (exact) mass is 297 g/mol. The summed E-state index contributed by atoms with van der Waals surface area (Å²) in [5.41, 5.74) is 4.06. The van der Waals surface area contributed by atoms with E-state index >= 15 is 0 Å². The molecule has 1 fully saturated rings. The van der Waals surface area contributed by atoms with Gasteiger partial charge in [0.15, 0.2) is 0 Å². The van der Waals surface area contributed by atoms with Crippen LogP contribution in [0.5, 0.6) is 0 Å². The fourth-order valence-electron chi connectivity index (χ4n) is 2.24. The molecule has 114 valence electrons. The Bertz CT molecular complexity index is 559. The van der Waals surface area contributed by atoms with Gasteiger partial charge in [-0.3, -0.25) is 14.9 Å². The third kappa shape index (κ3) is 3.46. The van der Waals surface area contributed by atoms with Crippen molar-refractivity contribution in [2.45, 2.75) is 25.4 Å². The molecule has 7 nitrogen and oxygen atoms in total. The van der Waals surface area contributed by atoms with E-state index in [9.17, 15) is 19.3 Å². The number of nitro benzene ring substituents is 1. The Labute approximate surface area is 120 Å². The highest BCUT2D eigenvalue weighted by Crippen LogP contribution is 2.27. The number of carbonyl (C=O) groups is 1.